The zero-order valence-electron chi connectivity index (χ0n) is 10.3. The number of halogens is 2. The van der Waals surface area contributed by atoms with E-state index < -0.39 is 0 Å². The lowest BCUT2D eigenvalue weighted by Crippen LogP contribution is -2.55. The molecule has 0 radical (unpaired) electrons. The minimum Gasteiger partial charge on any atom is -0.364 e. The maximum atomic E-state index is 13.5. The van der Waals surface area contributed by atoms with Crippen molar-refractivity contribution in [3.63, 3.8) is 0 Å². The molecule has 3 rings (SSSR count). The molecular weight excluding hydrogens is 295 g/mol. The van der Waals surface area contributed by atoms with Gasteiger partial charge < -0.3 is 10.6 Å². The number of hydrogen-bond donors (Lipinski definition) is 1. The lowest BCUT2D eigenvalue weighted by molar-refractivity contribution is 0.271. The molecule has 2 aliphatic heterocycles. The van der Waals surface area contributed by atoms with E-state index in [1.807, 2.05) is 0 Å². The first-order chi connectivity index (χ1) is 8.65. The average Bonchev–Trinajstić information content (AvgIpc) is 2.31. The van der Waals surface area contributed by atoms with Gasteiger partial charge in [-0.05, 0) is 66.2 Å². The largest absolute Gasteiger partial charge is 0.364 e. The van der Waals surface area contributed by atoms with E-state index in [1.54, 1.807) is 12.1 Å². The summed E-state index contributed by atoms with van der Waals surface area (Å²) in [5, 5.41) is 0. The lowest BCUT2D eigenvalue weighted by Gasteiger charge is -2.50. The minimum atomic E-state index is -0.166. The molecule has 98 valence electrons. The van der Waals surface area contributed by atoms with Crippen LogP contribution in [0, 0.1) is 5.82 Å². The number of rotatable bonds is 1. The van der Waals surface area contributed by atoms with Gasteiger partial charge in [0.2, 0.25) is 0 Å². The molecule has 2 heterocycles. The maximum Gasteiger partial charge on any atom is 0.125 e. The van der Waals surface area contributed by atoms with Crippen LogP contribution in [0.5, 0.6) is 0 Å². The van der Waals surface area contributed by atoms with Crippen LogP contribution < -0.4 is 10.6 Å². The highest BCUT2D eigenvalue weighted by Crippen LogP contribution is 2.40. The summed E-state index contributed by atoms with van der Waals surface area (Å²) in [6.45, 7) is 0. The summed E-state index contributed by atoms with van der Waals surface area (Å²) in [5.41, 5.74) is 7.12. The highest BCUT2D eigenvalue weighted by molar-refractivity contribution is 9.10. The molecule has 0 aromatic heterocycles. The van der Waals surface area contributed by atoms with E-state index in [0.717, 1.165) is 23.0 Å². The van der Waals surface area contributed by atoms with Gasteiger partial charge in [0.1, 0.15) is 5.82 Å². The predicted octanol–water partition coefficient (Wildman–Crippen LogP) is 3.44. The van der Waals surface area contributed by atoms with Crippen LogP contribution in [0.3, 0.4) is 0 Å². The molecule has 2 nitrogen and oxygen atoms in total. The summed E-state index contributed by atoms with van der Waals surface area (Å²) in [4.78, 5) is 2.40. The maximum absolute atomic E-state index is 13.5. The molecule has 2 fully saturated rings. The van der Waals surface area contributed by atoms with E-state index in [-0.39, 0.29) is 5.82 Å². The van der Waals surface area contributed by atoms with Gasteiger partial charge in [-0.15, -0.1) is 0 Å². The molecule has 2 unspecified atom stereocenters. The smallest absolute Gasteiger partial charge is 0.125 e. The van der Waals surface area contributed by atoms with Crippen molar-refractivity contribution in [1.82, 2.24) is 0 Å². The summed E-state index contributed by atoms with van der Waals surface area (Å²) in [6, 6.07) is 6.21. The Bertz CT molecular complexity index is 437. The molecule has 2 atom stereocenters. The van der Waals surface area contributed by atoms with Crippen LogP contribution in [0.1, 0.15) is 32.1 Å². The second kappa shape index (κ2) is 4.82. The van der Waals surface area contributed by atoms with Crippen LogP contribution in [-0.4, -0.2) is 18.1 Å². The van der Waals surface area contributed by atoms with Gasteiger partial charge in [-0.3, -0.25) is 0 Å². The second-order valence-corrected chi connectivity index (χ2v) is 6.33. The van der Waals surface area contributed by atoms with Crippen molar-refractivity contribution in [2.24, 2.45) is 5.73 Å². The molecule has 0 amide bonds. The highest BCUT2D eigenvalue weighted by Gasteiger charge is 2.37. The summed E-state index contributed by atoms with van der Waals surface area (Å²) < 4.78 is 14.5. The van der Waals surface area contributed by atoms with Crippen LogP contribution >= 0.6 is 15.9 Å². The number of nitrogens with two attached hydrogens (primary N) is 1. The summed E-state index contributed by atoms with van der Waals surface area (Å²) >= 11 is 3.55. The van der Waals surface area contributed by atoms with Gasteiger partial charge >= 0.3 is 0 Å². The van der Waals surface area contributed by atoms with Crippen molar-refractivity contribution in [2.45, 2.75) is 50.2 Å². The number of benzene rings is 1. The first-order valence-corrected chi connectivity index (χ1v) is 7.43. The molecule has 1 aromatic rings. The fraction of sp³-hybridized carbons (Fsp3) is 0.571. The fourth-order valence-electron chi connectivity index (χ4n) is 3.50. The van der Waals surface area contributed by atoms with Crippen LogP contribution in [0.25, 0.3) is 0 Å². The Balaban J connectivity index is 1.97. The number of nitrogens with zero attached hydrogens (tertiary/aromatic N) is 1. The normalized spacial score (nSPS) is 31.5. The van der Waals surface area contributed by atoms with Gasteiger partial charge in [0.15, 0.2) is 0 Å². The van der Waals surface area contributed by atoms with Crippen LogP contribution in [0.15, 0.2) is 22.7 Å². The van der Waals surface area contributed by atoms with E-state index >= 15 is 0 Å². The molecule has 0 aliphatic carbocycles. The second-order valence-electron chi connectivity index (χ2n) is 5.47. The molecule has 0 spiro atoms. The first kappa shape index (κ1) is 12.4. The van der Waals surface area contributed by atoms with Crippen LogP contribution in [0.2, 0.25) is 0 Å². The Morgan fingerprint density at radius 3 is 2.56 bits per heavy atom. The van der Waals surface area contributed by atoms with Crippen molar-refractivity contribution in [1.29, 1.82) is 0 Å². The molecule has 2 bridgehead atoms. The Morgan fingerprint density at radius 2 is 1.89 bits per heavy atom. The van der Waals surface area contributed by atoms with E-state index in [1.165, 1.54) is 25.3 Å². The van der Waals surface area contributed by atoms with Gasteiger partial charge in [0, 0.05) is 22.6 Å². The van der Waals surface area contributed by atoms with Crippen LogP contribution in [-0.2, 0) is 0 Å². The van der Waals surface area contributed by atoms with E-state index in [0.29, 0.717) is 18.1 Å². The Kier molecular flexibility index (Phi) is 3.32. The number of hydrogen-bond acceptors (Lipinski definition) is 2. The van der Waals surface area contributed by atoms with E-state index in [9.17, 15) is 4.39 Å². The molecule has 2 aliphatic rings. The minimum absolute atomic E-state index is 0.166. The first-order valence-electron chi connectivity index (χ1n) is 6.64. The van der Waals surface area contributed by atoms with E-state index in [2.05, 4.69) is 20.8 Å². The number of piperidine rings is 2. The third kappa shape index (κ3) is 2.16. The molecule has 0 saturated carbocycles. The Hall–Kier alpha value is -0.610. The summed E-state index contributed by atoms with van der Waals surface area (Å²) in [7, 11) is 0. The van der Waals surface area contributed by atoms with Crippen molar-refractivity contribution >= 4 is 21.6 Å². The van der Waals surface area contributed by atoms with Gasteiger partial charge in [-0.2, -0.15) is 0 Å². The summed E-state index contributed by atoms with van der Waals surface area (Å²) in [5.74, 6) is -0.166. The van der Waals surface area contributed by atoms with Gasteiger partial charge in [0.05, 0.1) is 5.69 Å². The van der Waals surface area contributed by atoms with Gasteiger partial charge in [0.25, 0.3) is 0 Å². The molecule has 2 saturated heterocycles. The highest BCUT2D eigenvalue weighted by atomic mass is 79.9. The molecular formula is C14H18BrFN2. The van der Waals surface area contributed by atoms with Gasteiger partial charge in [-0.1, -0.05) is 0 Å². The van der Waals surface area contributed by atoms with E-state index in [4.69, 9.17) is 5.73 Å². The number of fused-ring (bicyclic) bond motifs is 2. The SMILES string of the molecule is NC1CC2CCCC(C1)N2c1cc(F)ccc1Br. The third-order valence-electron chi connectivity index (χ3n) is 4.20. The van der Waals surface area contributed by atoms with Crippen molar-refractivity contribution in [2.75, 3.05) is 4.90 Å². The summed E-state index contributed by atoms with van der Waals surface area (Å²) in [6.07, 6.45) is 5.67. The average molecular weight is 313 g/mol. The Morgan fingerprint density at radius 1 is 1.22 bits per heavy atom. The zero-order chi connectivity index (χ0) is 12.7. The molecule has 2 N–H and O–H groups in total. The van der Waals surface area contributed by atoms with Crippen molar-refractivity contribution in [3.05, 3.63) is 28.5 Å². The van der Waals surface area contributed by atoms with Gasteiger partial charge in [-0.25, -0.2) is 4.39 Å². The third-order valence-corrected chi connectivity index (χ3v) is 4.87. The topological polar surface area (TPSA) is 29.3 Å². The quantitative estimate of drug-likeness (QED) is 0.860. The fourth-order valence-corrected chi connectivity index (χ4v) is 3.95. The standard InChI is InChI=1S/C14H18BrFN2/c15-13-5-4-9(16)6-14(13)18-11-2-1-3-12(18)8-10(17)7-11/h4-6,10-12H,1-3,7-8,17H2. The Labute approximate surface area is 115 Å². The predicted molar refractivity (Wildman–Crippen MR) is 75.2 cm³/mol. The van der Waals surface area contributed by atoms with Crippen molar-refractivity contribution in [3.8, 4) is 0 Å². The van der Waals surface area contributed by atoms with Crippen LogP contribution in [0.4, 0.5) is 10.1 Å². The zero-order valence-corrected chi connectivity index (χ0v) is 11.9. The van der Waals surface area contributed by atoms with Crippen molar-refractivity contribution < 1.29 is 4.39 Å². The molecule has 18 heavy (non-hydrogen) atoms. The molecule has 1 aromatic carbocycles. The lowest BCUT2D eigenvalue weighted by atomic mass is 9.81. The number of anilines is 1. The molecule has 4 heteroatoms. The monoisotopic (exact) mass is 312 g/mol.